The summed E-state index contributed by atoms with van der Waals surface area (Å²) >= 11 is 0. The molecule has 7 heteroatoms. The van der Waals surface area contributed by atoms with E-state index in [0.29, 0.717) is 18.2 Å². The first-order valence-electron chi connectivity index (χ1n) is 7.24. The van der Waals surface area contributed by atoms with Crippen molar-refractivity contribution >= 4 is 12.0 Å². The van der Waals surface area contributed by atoms with E-state index >= 15 is 0 Å². The number of carbonyl (C=O) groups is 2. The van der Waals surface area contributed by atoms with E-state index < -0.39 is 12.0 Å². The van der Waals surface area contributed by atoms with E-state index in [0.717, 1.165) is 12.8 Å². The van der Waals surface area contributed by atoms with Gasteiger partial charge in [-0.3, -0.25) is 0 Å². The number of nitrogens with zero attached hydrogens (tertiary/aromatic N) is 2. The molecule has 1 aliphatic rings. The summed E-state index contributed by atoms with van der Waals surface area (Å²) in [5.74, 6) is -0.689. The number of aromatic nitrogens is 2. The third-order valence-electron chi connectivity index (χ3n) is 3.39. The lowest BCUT2D eigenvalue weighted by Gasteiger charge is -2.26. The number of carboxylic acids is 1. The fourth-order valence-corrected chi connectivity index (χ4v) is 2.23. The lowest BCUT2D eigenvalue weighted by molar-refractivity contribution is -0.139. The number of carboxylic acid groups (broad SMARTS) is 1. The van der Waals surface area contributed by atoms with E-state index in [1.807, 2.05) is 13.8 Å². The molecule has 1 fully saturated rings. The van der Waals surface area contributed by atoms with Gasteiger partial charge in [-0.2, -0.15) is 0 Å². The van der Waals surface area contributed by atoms with Crippen LogP contribution in [0.3, 0.4) is 0 Å². The van der Waals surface area contributed by atoms with Crippen LogP contribution in [0.15, 0.2) is 12.5 Å². The van der Waals surface area contributed by atoms with Crippen LogP contribution >= 0.6 is 0 Å². The van der Waals surface area contributed by atoms with Crippen LogP contribution in [0.4, 0.5) is 4.79 Å². The summed E-state index contributed by atoms with van der Waals surface area (Å²) < 4.78 is 0. The average Bonchev–Trinajstić information content (AvgIpc) is 3.12. The van der Waals surface area contributed by atoms with Crippen LogP contribution in [0.5, 0.6) is 0 Å². The zero-order valence-corrected chi connectivity index (χ0v) is 12.4. The number of aliphatic carboxylic acids is 1. The number of urea groups is 1. The summed E-state index contributed by atoms with van der Waals surface area (Å²) in [7, 11) is 0. The molecular formula is C14H22N4O3. The second-order valence-corrected chi connectivity index (χ2v) is 5.90. The Kier molecular flexibility index (Phi) is 4.82. The molecule has 1 saturated carbocycles. The molecule has 1 aromatic rings. The summed E-state index contributed by atoms with van der Waals surface area (Å²) in [6.45, 7) is 4.73. The highest BCUT2D eigenvalue weighted by Gasteiger charge is 2.34. The summed E-state index contributed by atoms with van der Waals surface area (Å²) in [4.78, 5) is 32.1. The molecular weight excluding hydrogens is 272 g/mol. The molecule has 3 N–H and O–H groups in total. The molecule has 0 aliphatic heterocycles. The molecule has 2 rings (SSSR count). The Morgan fingerprint density at radius 1 is 1.52 bits per heavy atom. The monoisotopic (exact) mass is 294 g/mol. The highest BCUT2D eigenvalue weighted by atomic mass is 16.4. The first-order valence-corrected chi connectivity index (χ1v) is 7.24. The molecule has 0 spiro atoms. The molecule has 1 aliphatic carbocycles. The maximum Gasteiger partial charge on any atom is 0.326 e. The van der Waals surface area contributed by atoms with Crippen molar-refractivity contribution in [3.63, 3.8) is 0 Å². The molecule has 7 nitrogen and oxygen atoms in total. The number of imidazole rings is 1. The van der Waals surface area contributed by atoms with E-state index in [4.69, 9.17) is 0 Å². The molecule has 1 heterocycles. The van der Waals surface area contributed by atoms with E-state index in [1.165, 1.54) is 6.33 Å². The molecule has 21 heavy (non-hydrogen) atoms. The van der Waals surface area contributed by atoms with Crippen LogP contribution in [-0.2, 0) is 11.2 Å². The van der Waals surface area contributed by atoms with Crippen LogP contribution in [0.2, 0.25) is 0 Å². The van der Waals surface area contributed by atoms with E-state index in [2.05, 4.69) is 15.3 Å². The number of carbonyl (C=O) groups excluding carboxylic acids is 1. The van der Waals surface area contributed by atoms with Crippen molar-refractivity contribution in [3.05, 3.63) is 18.2 Å². The minimum absolute atomic E-state index is 0.196. The van der Waals surface area contributed by atoms with Crippen LogP contribution in [0.25, 0.3) is 0 Å². The number of rotatable bonds is 7. The highest BCUT2D eigenvalue weighted by Crippen LogP contribution is 2.27. The van der Waals surface area contributed by atoms with Crippen molar-refractivity contribution in [3.8, 4) is 0 Å². The zero-order valence-electron chi connectivity index (χ0n) is 12.4. The number of H-pyrrole nitrogens is 1. The standard InChI is InChI=1S/C14H22N4O3/c1-9(2)7-18(11-3-4-11)14(21)17-12(13(19)20)5-10-6-15-8-16-10/h6,8-9,11-12H,3-5,7H2,1-2H3,(H,15,16)(H,17,21)(H,19,20)/t12-/m0/s1. The third-order valence-corrected chi connectivity index (χ3v) is 3.39. The largest absolute Gasteiger partial charge is 0.480 e. The maximum absolute atomic E-state index is 12.3. The van der Waals surface area contributed by atoms with Gasteiger partial charge in [-0.05, 0) is 18.8 Å². The average molecular weight is 294 g/mol. The third kappa shape index (κ3) is 4.47. The van der Waals surface area contributed by atoms with Crippen molar-refractivity contribution in [2.75, 3.05) is 6.54 Å². The van der Waals surface area contributed by atoms with Crippen LogP contribution in [0, 0.1) is 5.92 Å². The fraction of sp³-hybridized carbons (Fsp3) is 0.643. The lowest BCUT2D eigenvalue weighted by Crippen LogP contribution is -2.50. The van der Waals surface area contributed by atoms with Crippen molar-refractivity contribution in [1.29, 1.82) is 0 Å². The van der Waals surface area contributed by atoms with Gasteiger partial charge in [0.15, 0.2) is 0 Å². The van der Waals surface area contributed by atoms with Crippen molar-refractivity contribution < 1.29 is 14.7 Å². The predicted molar refractivity (Wildman–Crippen MR) is 76.8 cm³/mol. The second kappa shape index (κ2) is 6.60. The van der Waals surface area contributed by atoms with Gasteiger partial charge in [-0.1, -0.05) is 13.8 Å². The van der Waals surface area contributed by atoms with Crippen molar-refractivity contribution in [1.82, 2.24) is 20.2 Å². The summed E-state index contributed by atoms with van der Waals surface area (Å²) in [5, 5.41) is 11.9. The van der Waals surface area contributed by atoms with Crippen LogP contribution < -0.4 is 5.32 Å². The second-order valence-electron chi connectivity index (χ2n) is 5.90. The summed E-state index contributed by atoms with van der Waals surface area (Å²) in [6, 6.07) is -0.988. The van der Waals surface area contributed by atoms with Gasteiger partial charge in [-0.15, -0.1) is 0 Å². The fourth-order valence-electron chi connectivity index (χ4n) is 2.23. The molecule has 1 aromatic heterocycles. The summed E-state index contributed by atoms with van der Waals surface area (Å²) in [6.07, 6.45) is 5.25. The van der Waals surface area contributed by atoms with E-state index in [9.17, 15) is 14.7 Å². The van der Waals surface area contributed by atoms with Gasteiger partial charge in [0, 0.05) is 30.9 Å². The van der Waals surface area contributed by atoms with Gasteiger partial charge < -0.3 is 20.3 Å². The predicted octanol–water partition coefficient (Wildman–Crippen LogP) is 1.24. The zero-order chi connectivity index (χ0) is 15.4. The Bertz CT molecular complexity index is 482. The molecule has 1 atom stereocenters. The van der Waals surface area contributed by atoms with Gasteiger partial charge in [0.05, 0.1) is 6.33 Å². The Hall–Kier alpha value is -2.05. The van der Waals surface area contributed by atoms with Gasteiger partial charge in [0.1, 0.15) is 6.04 Å². The minimum Gasteiger partial charge on any atom is -0.480 e. The Morgan fingerprint density at radius 2 is 2.24 bits per heavy atom. The molecule has 0 unspecified atom stereocenters. The van der Waals surface area contributed by atoms with Crippen LogP contribution in [0.1, 0.15) is 32.4 Å². The Morgan fingerprint density at radius 3 is 2.71 bits per heavy atom. The molecule has 2 amide bonds. The number of hydrogen-bond acceptors (Lipinski definition) is 3. The molecule has 0 bridgehead atoms. The van der Waals surface area contributed by atoms with Gasteiger partial charge in [-0.25, -0.2) is 14.6 Å². The Labute approximate surface area is 123 Å². The molecule has 116 valence electrons. The van der Waals surface area contributed by atoms with E-state index in [-0.39, 0.29) is 18.5 Å². The molecule has 0 radical (unpaired) electrons. The van der Waals surface area contributed by atoms with E-state index in [1.54, 1.807) is 11.1 Å². The first-order chi connectivity index (χ1) is 9.97. The SMILES string of the molecule is CC(C)CN(C(=O)N[C@@H](Cc1cnc[nH]1)C(=O)O)C1CC1. The van der Waals surface area contributed by atoms with Gasteiger partial charge in [0.2, 0.25) is 0 Å². The smallest absolute Gasteiger partial charge is 0.326 e. The highest BCUT2D eigenvalue weighted by molar-refractivity contribution is 5.83. The number of aromatic amines is 1. The maximum atomic E-state index is 12.3. The first kappa shape index (κ1) is 15.3. The van der Waals surface area contributed by atoms with Gasteiger partial charge in [0.25, 0.3) is 0 Å². The summed E-state index contributed by atoms with van der Waals surface area (Å²) in [5.41, 5.74) is 0.685. The Balaban J connectivity index is 1.97. The van der Waals surface area contributed by atoms with Crippen LogP contribution in [-0.4, -0.2) is 50.6 Å². The number of amides is 2. The quantitative estimate of drug-likeness (QED) is 0.704. The van der Waals surface area contributed by atoms with Crippen molar-refractivity contribution in [2.24, 2.45) is 5.92 Å². The number of hydrogen-bond donors (Lipinski definition) is 3. The number of nitrogens with one attached hydrogen (secondary N) is 2. The molecule has 0 aromatic carbocycles. The normalized spacial score (nSPS) is 15.8. The molecule has 0 saturated heterocycles. The minimum atomic E-state index is -1.04. The topological polar surface area (TPSA) is 98.3 Å². The lowest BCUT2D eigenvalue weighted by atomic mass is 10.1. The van der Waals surface area contributed by atoms with Gasteiger partial charge >= 0.3 is 12.0 Å². The van der Waals surface area contributed by atoms with Crippen molar-refractivity contribution in [2.45, 2.75) is 45.2 Å².